The van der Waals surface area contributed by atoms with Crippen LogP contribution in [0.3, 0.4) is 0 Å². The molecule has 0 N–H and O–H groups in total. The molecular formula is C6H7F3O. The smallest absolute Gasteiger partial charge is 0.287 e. The molecule has 0 spiro atoms. The van der Waals surface area contributed by atoms with E-state index in [1.165, 1.54) is 0 Å². The van der Waals surface area contributed by atoms with Crippen LogP contribution >= 0.6 is 0 Å². The predicted octanol–water partition coefficient (Wildman–Crippen LogP) is 1.57. The van der Waals surface area contributed by atoms with Gasteiger partial charge in [-0.15, -0.1) is 0 Å². The lowest BCUT2D eigenvalue weighted by Gasteiger charge is -2.17. The van der Waals surface area contributed by atoms with E-state index in [0.717, 1.165) is 0 Å². The zero-order valence-corrected chi connectivity index (χ0v) is 5.24. The zero-order chi connectivity index (χ0) is 7.83. The molecule has 58 valence electrons. The van der Waals surface area contributed by atoms with E-state index in [1.807, 2.05) is 0 Å². The summed E-state index contributed by atoms with van der Waals surface area (Å²) in [5, 5.41) is 0. The number of aldehydes is 1. The zero-order valence-electron chi connectivity index (χ0n) is 5.24. The summed E-state index contributed by atoms with van der Waals surface area (Å²) in [4.78, 5) is 10.0. The minimum absolute atomic E-state index is 0.118. The van der Waals surface area contributed by atoms with Gasteiger partial charge in [-0.25, -0.2) is 13.2 Å². The molecule has 0 saturated heterocycles. The molecule has 0 heterocycles. The van der Waals surface area contributed by atoms with Crippen LogP contribution in [0.15, 0.2) is 0 Å². The van der Waals surface area contributed by atoms with Crippen LogP contribution in [-0.2, 0) is 4.79 Å². The molecule has 1 fully saturated rings. The lowest BCUT2D eigenvalue weighted by Crippen LogP contribution is -2.33. The summed E-state index contributed by atoms with van der Waals surface area (Å²) in [7, 11) is 0. The van der Waals surface area contributed by atoms with Gasteiger partial charge in [-0.05, 0) is 12.8 Å². The van der Waals surface area contributed by atoms with Crippen LogP contribution in [0.5, 0.6) is 0 Å². The molecule has 1 aliphatic rings. The molecule has 0 atom stereocenters. The molecule has 1 rings (SSSR count). The van der Waals surface area contributed by atoms with Crippen molar-refractivity contribution < 1.29 is 18.0 Å². The van der Waals surface area contributed by atoms with E-state index in [2.05, 4.69) is 0 Å². The Morgan fingerprint density at radius 2 is 2.00 bits per heavy atom. The van der Waals surface area contributed by atoms with Gasteiger partial charge in [0, 0.05) is 0 Å². The van der Waals surface area contributed by atoms with Crippen LogP contribution in [0.1, 0.15) is 12.8 Å². The van der Waals surface area contributed by atoms with Crippen molar-refractivity contribution in [2.24, 2.45) is 5.41 Å². The largest absolute Gasteiger partial charge is 0.303 e. The van der Waals surface area contributed by atoms with Gasteiger partial charge in [-0.1, -0.05) is 0 Å². The fourth-order valence-corrected chi connectivity index (χ4v) is 0.838. The summed E-state index contributed by atoms with van der Waals surface area (Å²) in [6.07, 6.45) is 0.410. The van der Waals surface area contributed by atoms with Gasteiger partial charge in [0.15, 0.2) is 6.67 Å². The second kappa shape index (κ2) is 1.97. The quantitative estimate of drug-likeness (QED) is 0.561. The first-order chi connectivity index (χ1) is 4.58. The molecule has 1 saturated carbocycles. The third kappa shape index (κ3) is 0.822. The highest BCUT2D eigenvalue weighted by atomic mass is 19.3. The van der Waals surface area contributed by atoms with Crippen molar-refractivity contribution in [2.45, 2.75) is 18.8 Å². The lowest BCUT2D eigenvalue weighted by atomic mass is 10.0. The Morgan fingerprint density at radius 3 is 2.10 bits per heavy atom. The average molecular weight is 152 g/mol. The van der Waals surface area contributed by atoms with Gasteiger partial charge < -0.3 is 4.79 Å². The minimum Gasteiger partial charge on any atom is -0.303 e. The van der Waals surface area contributed by atoms with E-state index in [9.17, 15) is 18.0 Å². The van der Waals surface area contributed by atoms with Crippen molar-refractivity contribution in [3.63, 3.8) is 0 Å². The number of carbonyl (C=O) groups excluding carboxylic acids is 1. The molecule has 0 bridgehead atoms. The Labute approximate surface area is 56.2 Å². The van der Waals surface area contributed by atoms with Gasteiger partial charge in [0.05, 0.1) is 5.41 Å². The average Bonchev–Trinajstić information content (AvgIpc) is 2.67. The van der Waals surface area contributed by atoms with Gasteiger partial charge in [0.25, 0.3) is 5.92 Å². The summed E-state index contributed by atoms with van der Waals surface area (Å²) >= 11 is 0. The Bertz CT molecular complexity index is 151. The predicted molar refractivity (Wildman–Crippen MR) is 28.7 cm³/mol. The van der Waals surface area contributed by atoms with Crippen LogP contribution in [0.25, 0.3) is 0 Å². The molecule has 0 aromatic heterocycles. The van der Waals surface area contributed by atoms with E-state index in [1.54, 1.807) is 0 Å². The first-order valence-electron chi connectivity index (χ1n) is 2.98. The van der Waals surface area contributed by atoms with Crippen molar-refractivity contribution in [2.75, 3.05) is 6.67 Å². The third-order valence-electron chi connectivity index (χ3n) is 1.91. The number of rotatable bonds is 3. The van der Waals surface area contributed by atoms with E-state index < -0.39 is 18.0 Å². The SMILES string of the molecule is O=CC1(C(F)(F)CF)CC1. The van der Waals surface area contributed by atoms with Crippen molar-refractivity contribution in [1.29, 1.82) is 0 Å². The molecule has 10 heavy (non-hydrogen) atoms. The Balaban J connectivity index is 2.71. The highest BCUT2D eigenvalue weighted by molar-refractivity contribution is 5.65. The van der Waals surface area contributed by atoms with Crippen molar-refractivity contribution >= 4 is 6.29 Å². The minimum atomic E-state index is -3.44. The topological polar surface area (TPSA) is 17.1 Å². The van der Waals surface area contributed by atoms with Crippen molar-refractivity contribution in [1.82, 2.24) is 0 Å². The summed E-state index contributed by atoms with van der Waals surface area (Å²) < 4.78 is 36.4. The second-order valence-electron chi connectivity index (χ2n) is 2.61. The molecule has 0 aliphatic heterocycles. The molecular weight excluding hydrogens is 145 g/mol. The summed E-state index contributed by atoms with van der Waals surface area (Å²) in [5.74, 6) is -3.44. The molecule has 0 aromatic carbocycles. The van der Waals surface area contributed by atoms with E-state index in [4.69, 9.17) is 0 Å². The molecule has 0 radical (unpaired) electrons. The molecule has 1 nitrogen and oxygen atoms in total. The molecule has 0 amide bonds. The maximum Gasteiger partial charge on any atom is 0.287 e. The van der Waals surface area contributed by atoms with Gasteiger partial charge in [-0.3, -0.25) is 0 Å². The number of carbonyl (C=O) groups is 1. The Morgan fingerprint density at radius 1 is 1.50 bits per heavy atom. The van der Waals surface area contributed by atoms with Gasteiger partial charge >= 0.3 is 0 Å². The Hall–Kier alpha value is -0.540. The van der Waals surface area contributed by atoms with Crippen LogP contribution < -0.4 is 0 Å². The molecule has 1 aliphatic carbocycles. The van der Waals surface area contributed by atoms with Crippen LogP contribution in [0, 0.1) is 5.41 Å². The molecule has 0 aromatic rings. The number of hydrogen-bond donors (Lipinski definition) is 0. The van der Waals surface area contributed by atoms with E-state index in [0.29, 0.717) is 0 Å². The maximum absolute atomic E-state index is 12.4. The number of hydrogen-bond acceptors (Lipinski definition) is 1. The second-order valence-corrected chi connectivity index (χ2v) is 2.61. The fraction of sp³-hybridized carbons (Fsp3) is 0.833. The van der Waals surface area contributed by atoms with Gasteiger partial charge in [0.1, 0.15) is 6.29 Å². The summed E-state index contributed by atoms with van der Waals surface area (Å²) in [5.41, 5.74) is -1.65. The number of alkyl halides is 3. The summed E-state index contributed by atoms with van der Waals surface area (Å²) in [6.45, 7) is -1.73. The van der Waals surface area contributed by atoms with E-state index >= 15 is 0 Å². The maximum atomic E-state index is 12.4. The first kappa shape index (κ1) is 7.57. The lowest BCUT2D eigenvalue weighted by molar-refractivity contribution is -0.132. The highest BCUT2D eigenvalue weighted by Gasteiger charge is 2.62. The molecule has 4 heteroatoms. The first-order valence-corrected chi connectivity index (χ1v) is 2.98. The third-order valence-corrected chi connectivity index (χ3v) is 1.91. The van der Waals surface area contributed by atoms with Crippen molar-refractivity contribution in [3.05, 3.63) is 0 Å². The Kier molecular flexibility index (Phi) is 1.49. The van der Waals surface area contributed by atoms with E-state index in [-0.39, 0.29) is 19.1 Å². The van der Waals surface area contributed by atoms with Crippen LogP contribution in [0.2, 0.25) is 0 Å². The van der Waals surface area contributed by atoms with Gasteiger partial charge in [-0.2, -0.15) is 0 Å². The van der Waals surface area contributed by atoms with Crippen LogP contribution in [0.4, 0.5) is 13.2 Å². The molecule has 0 unspecified atom stereocenters. The summed E-state index contributed by atoms with van der Waals surface area (Å²) in [6, 6.07) is 0. The highest BCUT2D eigenvalue weighted by Crippen LogP contribution is 2.55. The fourth-order valence-electron chi connectivity index (χ4n) is 0.838. The van der Waals surface area contributed by atoms with Gasteiger partial charge in [0.2, 0.25) is 0 Å². The van der Waals surface area contributed by atoms with Crippen LogP contribution in [-0.4, -0.2) is 18.9 Å². The normalized spacial score (nSPS) is 22.3. The van der Waals surface area contributed by atoms with Crippen molar-refractivity contribution in [3.8, 4) is 0 Å². The monoisotopic (exact) mass is 152 g/mol. The standard InChI is InChI=1S/C6H7F3O/c7-3-6(8,9)5(4-10)1-2-5/h4H,1-3H2. The number of halogens is 3.